The standard InChI is InChI=1S/C21H18N4O3/c1-12(26)25-15-5-3-4-14(10-15)17-18-20(22)23-11-24-21(18)28-19(17)13-6-8-16(27-2)9-7-13/h3-11H,1-2H3,(H,25,26)(H2,22,23,24). The molecule has 7 nitrogen and oxygen atoms in total. The molecule has 140 valence electrons. The zero-order valence-electron chi connectivity index (χ0n) is 15.4. The second kappa shape index (κ2) is 7.03. The Hall–Kier alpha value is -3.87. The molecule has 28 heavy (non-hydrogen) atoms. The molecule has 2 aromatic carbocycles. The molecule has 0 atom stereocenters. The minimum absolute atomic E-state index is 0.146. The quantitative estimate of drug-likeness (QED) is 0.557. The van der Waals surface area contributed by atoms with Crippen molar-refractivity contribution in [1.29, 1.82) is 0 Å². The first-order chi connectivity index (χ1) is 13.6. The van der Waals surface area contributed by atoms with E-state index in [-0.39, 0.29) is 5.91 Å². The number of furan rings is 1. The first-order valence-electron chi connectivity index (χ1n) is 8.62. The number of anilines is 2. The predicted molar refractivity (Wildman–Crippen MR) is 108 cm³/mol. The molecule has 4 aromatic rings. The van der Waals surface area contributed by atoms with E-state index in [1.807, 2.05) is 48.5 Å². The fourth-order valence-corrected chi connectivity index (χ4v) is 3.13. The van der Waals surface area contributed by atoms with Crippen LogP contribution in [0, 0.1) is 0 Å². The number of nitrogens with one attached hydrogen (secondary N) is 1. The number of hydrogen-bond donors (Lipinski definition) is 2. The maximum absolute atomic E-state index is 11.4. The predicted octanol–water partition coefficient (Wildman–Crippen LogP) is 4.11. The van der Waals surface area contributed by atoms with Gasteiger partial charge >= 0.3 is 0 Å². The summed E-state index contributed by atoms with van der Waals surface area (Å²) in [5.74, 6) is 1.54. The lowest BCUT2D eigenvalue weighted by molar-refractivity contribution is -0.114. The van der Waals surface area contributed by atoms with Crippen molar-refractivity contribution in [2.45, 2.75) is 6.92 Å². The number of hydrogen-bond acceptors (Lipinski definition) is 6. The highest BCUT2D eigenvalue weighted by Gasteiger charge is 2.21. The van der Waals surface area contributed by atoms with E-state index in [1.165, 1.54) is 13.3 Å². The van der Waals surface area contributed by atoms with E-state index in [9.17, 15) is 4.79 Å². The molecule has 4 rings (SSSR count). The Balaban J connectivity index is 1.96. The molecule has 0 bridgehead atoms. The summed E-state index contributed by atoms with van der Waals surface area (Å²) in [6.07, 6.45) is 1.37. The molecule has 7 heteroatoms. The number of ether oxygens (including phenoxy) is 1. The zero-order chi connectivity index (χ0) is 19.7. The van der Waals surface area contributed by atoms with Crippen LogP contribution in [0.3, 0.4) is 0 Å². The molecule has 0 spiro atoms. The lowest BCUT2D eigenvalue weighted by atomic mass is 9.99. The largest absolute Gasteiger partial charge is 0.497 e. The average Bonchev–Trinajstić information content (AvgIpc) is 3.09. The average molecular weight is 374 g/mol. The summed E-state index contributed by atoms with van der Waals surface area (Å²) in [4.78, 5) is 19.8. The molecule has 0 fully saturated rings. The van der Waals surface area contributed by atoms with Gasteiger partial charge in [0, 0.05) is 23.7 Å². The van der Waals surface area contributed by atoms with Crippen molar-refractivity contribution < 1.29 is 13.9 Å². The monoisotopic (exact) mass is 374 g/mol. The van der Waals surface area contributed by atoms with E-state index in [0.717, 1.165) is 22.4 Å². The van der Waals surface area contributed by atoms with Gasteiger partial charge in [-0.3, -0.25) is 4.79 Å². The van der Waals surface area contributed by atoms with Gasteiger partial charge in [0.25, 0.3) is 0 Å². The van der Waals surface area contributed by atoms with Gasteiger partial charge in [0.05, 0.1) is 12.5 Å². The topological polar surface area (TPSA) is 103 Å². The number of rotatable bonds is 4. The Morgan fingerprint density at radius 1 is 1.11 bits per heavy atom. The van der Waals surface area contributed by atoms with Crippen molar-refractivity contribution in [2.75, 3.05) is 18.2 Å². The summed E-state index contributed by atoms with van der Waals surface area (Å²) in [5.41, 5.74) is 9.67. The first-order valence-corrected chi connectivity index (χ1v) is 8.62. The van der Waals surface area contributed by atoms with Crippen LogP contribution in [-0.2, 0) is 4.79 Å². The normalized spacial score (nSPS) is 10.8. The minimum Gasteiger partial charge on any atom is -0.497 e. The van der Waals surface area contributed by atoms with E-state index in [1.54, 1.807) is 7.11 Å². The van der Waals surface area contributed by atoms with Crippen molar-refractivity contribution in [1.82, 2.24) is 9.97 Å². The Morgan fingerprint density at radius 3 is 2.61 bits per heavy atom. The SMILES string of the molecule is COc1ccc(-c2oc3ncnc(N)c3c2-c2cccc(NC(C)=O)c2)cc1. The lowest BCUT2D eigenvalue weighted by Gasteiger charge is -2.08. The fourth-order valence-electron chi connectivity index (χ4n) is 3.13. The molecule has 0 aliphatic heterocycles. The van der Waals surface area contributed by atoms with Gasteiger partial charge in [-0.05, 0) is 42.0 Å². The minimum atomic E-state index is -0.146. The van der Waals surface area contributed by atoms with Crippen LogP contribution in [0.15, 0.2) is 59.3 Å². The van der Waals surface area contributed by atoms with E-state index in [4.69, 9.17) is 14.9 Å². The van der Waals surface area contributed by atoms with Gasteiger partial charge in [-0.2, -0.15) is 0 Å². The van der Waals surface area contributed by atoms with Crippen LogP contribution in [0.1, 0.15) is 6.92 Å². The highest BCUT2D eigenvalue weighted by atomic mass is 16.5. The molecule has 1 amide bonds. The molecule has 0 unspecified atom stereocenters. The van der Waals surface area contributed by atoms with Gasteiger partial charge in [-0.15, -0.1) is 0 Å². The van der Waals surface area contributed by atoms with Gasteiger partial charge in [0.1, 0.15) is 23.7 Å². The molecule has 2 heterocycles. The second-order valence-corrected chi connectivity index (χ2v) is 6.24. The number of carbonyl (C=O) groups is 1. The van der Waals surface area contributed by atoms with Crippen LogP contribution in [0.4, 0.5) is 11.5 Å². The van der Waals surface area contributed by atoms with Crippen LogP contribution in [0.2, 0.25) is 0 Å². The van der Waals surface area contributed by atoms with Gasteiger partial charge in [-0.1, -0.05) is 12.1 Å². The van der Waals surface area contributed by atoms with Crippen molar-refractivity contribution in [2.24, 2.45) is 0 Å². The number of nitrogens with zero attached hydrogens (tertiary/aromatic N) is 2. The third kappa shape index (κ3) is 3.14. The van der Waals surface area contributed by atoms with Crippen molar-refractivity contribution in [3.05, 3.63) is 54.9 Å². The van der Waals surface area contributed by atoms with Crippen LogP contribution in [-0.4, -0.2) is 23.0 Å². The smallest absolute Gasteiger partial charge is 0.232 e. The van der Waals surface area contributed by atoms with Crippen LogP contribution in [0.5, 0.6) is 5.75 Å². The molecule has 3 N–H and O–H groups in total. The van der Waals surface area contributed by atoms with Crippen LogP contribution in [0.25, 0.3) is 33.6 Å². The Morgan fingerprint density at radius 2 is 1.89 bits per heavy atom. The van der Waals surface area contributed by atoms with Crippen molar-refractivity contribution in [3.63, 3.8) is 0 Å². The van der Waals surface area contributed by atoms with Crippen LogP contribution < -0.4 is 15.8 Å². The summed E-state index contributed by atoms with van der Waals surface area (Å²) < 4.78 is 11.3. The van der Waals surface area contributed by atoms with Crippen LogP contribution >= 0.6 is 0 Å². The molecule has 0 saturated heterocycles. The number of aromatic nitrogens is 2. The number of benzene rings is 2. The van der Waals surface area contributed by atoms with E-state index >= 15 is 0 Å². The summed E-state index contributed by atoms with van der Waals surface area (Å²) in [6.45, 7) is 1.47. The molecule has 0 aliphatic carbocycles. The molecular formula is C21H18N4O3. The highest BCUT2D eigenvalue weighted by Crippen LogP contribution is 2.42. The lowest BCUT2D eigenvalue weighted by Crippen LogP contribution is -2.05. The van der Waals surface area contributed by atoms with Crippen molar-refractivity contribution >= 4 is 28.5 Å². The van der Waals surface area contributed by atoms with Gasteiger partial charge < -0.3 is 20.2 Å². The molecule has 0 saturated carbocycles. The molecule has 0 aliphatic rings. The second-order valence-electron chi connectivity index (χ2n) is 6.24. The highest BCUT2D eigenvalue weighted by molar-refractivity contribution is 6.05. The number of carbonyl (C=O) groups excluding carboxylic acids is 1. The third-order valence-corrected chi connectivity index (χ3v) is 4.34. The number of methoxy groups -OCH3 is 1. The molecular weight excluding hydrogens is 356 g/mol. The third-order valence-electron chi connectivity index (χ3n) is 4.34. The summed E-state index contributed by atoms with van der Waals surface area (Å²) >= 11 is 0. The van der Waals surface area contributed by atoms with Gasteiger partial charge in [-0.25, -0.2) is 9.97 Å². The van der Waals surface area contributed by atoms with Gasteiger partial charge in [0.2, 0.25) is 11.6 Å². The van der Waals surface area contributed by atoms with Crippen molar-refractivity contribution in [3.8, 4) is 28.2 Å². The van der Waals surface area contributed by atoms with Gasteiger partial charge in [0.15, 0.2) is 0 Å². The van der Waals surface area contributed by atoms with E-state index in [0.29, 0.717) is 28.4 Å². The Kier molecular flexibility index (Phi) is 4.41. The first kappa shape index (κ1) is 17.5. The molecule has 0 radical (unpaired) electrons. The summed E-state index contributed by atoms with van der Waals surface area (Å²) in [5, 5.41) is 3.43. The maximum Gasteiger partial charge on any atom is 0.232 e. The fraction of sp³-hybridized carbons (Fsp3) is 0.0952. The summed E-state index contributed by atoms with van der Waals surface area (Å²) in [7, 11) is 1.62. The number of nitrogens with two attached hydrogens (primary N) is 1. The Bertz CT molecular complexity index is 1170. The number of amides is 1. The van der Waals surface area contributed by atoms with E-state index in [2.05, 4.69) is 15.3 Å². The molecule has 2 aromatic heterocycles. The maximum atomic E-state index is 11.4. The summed E-state index contributed by atoms with van der Waals surface area (Å²) in [6, 6.07) is 15.0. The van der Waals surface area contributed by atoms with E-state index < -0.39 is 0 Å². The zero-order valence-corrected chi connectivity index (χ0v) is 15.4. The Labute approximate surface area is 161 Å². The number of nitrogen functional groups attached to an aromatic ring is 1. The number of fused-ring (bicyclic) bond motifs is 1.